The highest BCUT2D eigenvalue weighted by atomic mass is 19.1. The lowest BCUT2D eigenvalue weighted by atomic mass is 9.78. The van der Waals surface area contributed by atoms with Crippen molar-refractivity contribution >= 4 is 35.5 Å². The molecule has 11 nitrogen and oxygen atoms in total. The molecule has 0 unspecified atom stereocenters. The average molecular weight is 704 g/mol. The molecule has 2 aliphatic rings. The molecule has 0 N–H and O–H groups in total. The zero-order chi connectivity index (χ0) is 36.7. The maximum absolute atomic E-state index is 13.5. The van der Waals surface area contributed by atoms with E-state index in [1.165, 1.54) is 39.8 Å². The first kappa shape index (κ1) is 37.2. The zero-order valence-electron chi connectivity index (χ0n) is 29.0. The molecular formula is C39H42FNO10. The topological polar surface area (TPSA) is 135 Å². The molecule has 3 aromatic rings. The molecule has 2 saturated heterocycles. The molecule has 2 heterocycles. The molecule has 0 radical (unpaired) electrons. The van der Waals surface area contributed by atoms with E-state index >= 15 is 0 Å². The van der Waals surface area contributed by atoms with Gasteiger partial charge in [0, 0.05) is 39.8 Å². The number of hydrogen-bond donors (Lipinski definition) is 0. The molecule has 2 fully saturated rings. The molecule has 0 aliphatic carbocycles. The van der Waals surface area contributed by atoms with Crippen LogP contribution in [-0.2, 0) is 60.5 Å². The second kappa shape index (κ2) is 16.7. The van der Waals surface area contributed by atoms with Crippen molar-refractivity contribution in [2.24, 2.45) is 5.92 Å². The maximum atomic E-state index is 13.5. The SMILES string of the molecule is CC(=O)OC[C@H]1O[C@@H](Cc2ccc([C@@H]3[C@@H](CCCc4ccc(F)cc4)C(=O)N3c3ccccc3)cc2)[C@H](OC(C)=O)[C@@H](OC(C)=O)[C@@H]1OC(C)=O. The van der Waals surface area contributed by atoms with E-state index in [9.17, 15) is 28.4 Å². The maximum Gasteiger partial charge on any atom is 0.303 e. The fourth-order valence-corrected chi connectivity index (χ4v) is 6.83. The second-order valence-corrected chi connectivity index (χ2v) is 12.8. The van der Waals surface area contributed by atoms with E-state index in [0.717, 1.165) is 35.2 Å². The summed E-state index contributed by atoms with van der Waals surface area (Å²) in [5, 5.41) is 0. The van der Waals surface area contributed by atoms with Crippen LogP contribution in [0.1, 0.15) is 63.3 Å². The summed E-state index contributed by atoms with van der Waals surface area (Å²) in [4.78, 5) is 63.6. The third-order valence-electron chi connectivity index (χ3n) is 8.99. The number of para-hydroxylation sites is 1. The first-order valence-corrected chi connectivity index (χ1v) is 16.9. The minimum absolute atomic E-state index is 0.0341. The largest absolute Gasteiger partial charge is 0.463 e. The number of carbonyl (C=O) groups is 5. The van der Waals surface area contributed by atoms with E-state index in [1.54, 1.807) is 17.0 Å². The van der Waals surface area contributed by atoms with E-state index in [2.05, 4.69) is 0 Å². The van der Waals surface area contributed by atoms with Gasteiger partial charge in [-0.05, 0) is 60.2 Å². The van der Waals surface area contributed by atoms with Crippen molar-refractivity contribution in [1.29, 1.82) is 0 Å². The normalized spacial score (nSPS) is 24.2. The van der Waals surface area contributed by atoms with E-state index in [4.69, 9.17) is 23.7 Å². The lowest BCUT2D eigenvalue weighted by molar-refractivity contribution is -0.252. The van der Waals surface area contributed by atoms with Crippen LogP contribution in [0.2, 0.25) is 0 Å². The number of halogens is 1. The summed E-state index contributed by atoms with van der Waals surface area (Å²) >= 11 is 0. The van der Waals surface area contributed by atoms with Crippen LogP contribution in [0.3, 0.4) is 0 Å². The standard InChI is InChI=1S/C39H42FNO10/c1-23(42)47-22-34-37(49-25(3)44)38(50-26(4)45)36(48-24(2)43)33(51-34)21-28-13-17-29(18-14-28)35-32(12-8-9-27-15-19-30(40)20-16-27)39(46)41(35)31-10-6-5-7-11-31/h5-7,10-11,13-20,32-38H,8-9,12,21-22H2,1-4H3/t32-,33+,34-,35-,36+,37-,38-/m1/s1. The van der Waals surface area contributed by atoms with Gasteiger partial charge in [0.1, 0.15) is 24.6 Å². The number of amides is 1. The number of benzene rings is 3. The van der Waals surface area contributed by atoms with Crippen molar-refractivity contribution < 1.29 is 52.0 Å². The lowest BCUT2D eigenvalue weighted by Crippen LogP contribution is -2.62. The Hall–Kier alpha value is -5.10. The summed E-state index contributed by atoms with van der Waals surface area (Å²) in [6.45, 7) is 4.48. The summed E-state index contributed by atoms with van der Waals surface area (Å²) in [6.07, 6.45) is -3.25. The first-order valence-electron chi connectivity index (χ1n) is 16.9. The van der Waals surface area contributed by atoms with Gasteiger partial charge in [-0.25, -0.2) is 4.39 Å². The monoisotopic (exact) mass is 703 g/mol. The zero-order valence-corrected chi connectivity index (χ0v) is 29.0. The minimum atomic E-state index is -1.25. The van der Waals surface area contributed by atoms with Gasteiger partial charge in [-0.3, -0.25) is 24.0 Å². The van der Waals surface area contributed by atoms with Crippen molar-refractivity contribution in [3.63, 3.8) is 0 Å². The van der Waals surface area contributed by atoms with Crippen LogP contribution in [0, 0.1) is 11.7 Å². The fraction of sp³-hybridized carbons (Fsp3) is 0.410. The van der Waals surface area contributed by atoms with Gasteiger partial charge in [0.15, 0.2) is 18.3 Å². The highest BCUT2D eigenvalue weighted by Gasteiger charge is 2.52. The average Bonchev–Trinajstić information content (AvgIpc) is 3.08. The Morgan fingerprint density at radius 3 is 1.86 bits per heavy atom. The molecule has 1 amide bonds. The van der Waals surface area contributed by atoms with Gasteiger partial charge in [-0.15, -0.1) is 0 Å². The number of ether oxygens (including phenoxy) is 5. The van der Waals surface area contributed by atoms with Crippen LogP contribution in [0.25, 0.3) is 0 Å². The molecule has 5 rings (SSSR count). The Morgan fingerprint density at radius 1 is 0.706 bits per heavy atom. The van der Waals surface area contributed by atoms with Gasteiger partial charge >= 0.3 is 23.9 Å². The number of aryl methyl sites for hydroxylation is 1. The van der Waals surface area contributed by atoms with Gasteiger partial charge in [0.05, 0.1) is 12.0 Å². The molecule has 0 spiro atoms. The predicted molar refractivity (Wildman–Crippen MR) is 182 cm³/mol. The van der Waals surface area contributed by atoms with Gasteiger partial charge < -0.3 is 28.6 Å². The Bertz CT molecular complexity index is 1700. The predicted octanol–water partition coefficient (Wildman–Crippen LogP) is 5.22. The Labute approximate surface area is 295 Å². The third-order valence-corrected chi connectivity index (χ3v) is 8.99. The summed E-state index contributed by atoms with van der Waals surface area (Å²) in [5.41, 5.74) is 3.51. The van der Waals surface area contributed by atoms with Gasteiger partial charge in [-0.2, -0.15) is 0 Å². The molecule has 51 heavy (non-hydrogen) atoms. The number of nitrogens with zero attached hydrogens (tertiary/aromatic N) is 1. The summed E-state index contributed by atoms with van der Waals surface area (Å²) in [5.74, 6) is -3.16. The van der Waals surface area contributed by atoms with Crippen molar-refractivity contribution in [3.05, 3.63) is 101 Å². The molecule has 7 atom stereocenters. The highest BCUT2D eigenvalue weighted by Crippen LogP contribution is 2.46. The van der Waals surface area contributed by atoms with Crippen LogP contribution in [0.4, 0.5) is 10.1 Å². The van der Waals surface area contributed by atoms with E-state index < -0.39 is 54.4 Å². The first-order chi connectivity index (χ1) is 24.4. The smallest absolute Gasteiger partial charge is 0.303 e. The number of β-lactam (4-membered cyclic amide) rings is 1. The molecular weight excluding hydrogens is 661 g/mol. The van der Waals surface area contributed by atoms with E-state index in [0.29, 0.717) is 6.42 Å². The second-order valence-electron chi connectivity index (χ2n) is 12.8. The summed E-state index contributed by atoms with van der Waals surface area (Å²) in [6, 6.07) is 23.3. The van der Waals surface area contributed by atoms with Crippen LogP contribution in [0.5, 0.6) is 0 Å². The van der Waals surface area contributed by atoms with Gasteiger partial charge in [0.25, 0.3) is 0 Å². The van der Waals surface area contributed by atoms with Crippen LogP contribution in [-0.4, -0.2) is 66.9 Å². The van der Waals surface area contributed by atoms with Gasteiger partial charge in [-0.1, -0.05) is 54.6 Å². The Morgan fingerprint density at radius 2 is 1.27 bits per heavy atom. The minimum Gasteiger partial charge on any atom is -0.463 e. The van der Waals surface area contributed by atoms with Crippen molar-refractivity contribution in [1.82, 2.24) is 0 Å². The third kappa shape index (κ3) is 9.37. The fourth-order valence-electron chi connectivity index (χ4n) is 6.83. The molecule has 0 aromatic heterocycles. The highest BCUT2D eigenvalue weighted by molar-refractivity contribution is 6.03. The lowest BCUT2D eigenvalue weighted by Gasteiger charge is -2.48. The number of rotatable bonds is 13. The number of anilines is 1. The van der Waals surface area contributed by atoms with E-state index in [1.807, 2.05) is 54.6 Å². The number of esters is 4. The van der Waals surface area contributed by atoms with Crippen LogP contribution < -0.4 is 4.90 Å². The Kier molecular flexibility index (Phi) is 12.2. The molecule has 0 bridgehead atoms. The summed E-state index contributed by atoms with van der Waals surface area (Å²) < 4.78 is 41.5. The molecule has 3 aromatic carbocycles. The van der Waals surface area contributed by atoms with Crippen molar-refractivity contribution in [2.75, 3.05) is 11.5 Å². The number of carbonyl (C=O) groups excluding carboxylic acids is 5. The van der Waals surface area contributed by atoms with Crippen molar-refractivity contribution in [2.45, 2.75) is 89.9 Å². The molecule has 270 valence electrons. The van der Waals surface area contributed by atoms with Crippen molar-refractivity contribution in [3.8, 4) is 0 Å². The van der Waals surface area contributed by atoms with Gasteiger partial charge in [0.2, 0.25) is 5.91 Å². The van der Waals surface area contributed by atoms with Crippen LogP contribution in [0.15, 0.2) is 78.9 Å². The summed E-state index contributed by atoms with van der Waals surface area (Å²) in [7, 11) is 0. The molecule has 2 aliphatic heterocycles. The number of hydrogen-bond acceptors (Lipinski definition) is 10. The quantitative estimate of drug-likeness (QED) is 0.133. The molecule has 12 heteroatoms. The van der Waals surface area contributed by atoms with E-state index in [-0.39, 0.29) is 36.7 Å². The van der Waals surface area contributed by atoms with Crippen LogP contribution >= 0.6 is 0 Å². The Balaban J connectivity index is 1.38. The molecule has 0 saturated carbocycles.